The van der Waals surface area contributed by atoms with E-state index < -0.39 is 22.6 Å². The molecule has 1 aliphatic heterocycles. The fourth-order valence-electron chi connectivity index (χ4n) is 1.64. The number of nitrogens with zero attached hydrogens (tertiary/aromatic N) is 4. The second kappa shape index (κ2) is 4.59. The van der Waals surface area contributed by atoms with Gasteiger partial charge < -0.3 is 5.11 Å². The minimum Gasteiger partial charge on any atom is -0.388 e. The first-order valence-corrected chi connectivity index (χ1v) is 6.69. The van der Waals surface area contributed by atoms with Gasteiger partial charge in [0.05, 0.1) is 5.69 Å². The van der Waals surface area contributed by atoms with Gasteiger partial charge in [-0.15, -0.1) is 4.40 Å². The van der Waals surface area contributed by atoms with E-state index >= 15 is 0 Å². The Morgan fingerprint density at radius 3 is 2.63 bits per heavy atom. The Balaban J connectivity index is 2.59. The first-order chi connectivity index (χ1) is 8.86. The average molecular weight is 284 g/mol. The maximum atomic E-state index is 11.9. The number of Topliss-reactive ketones (excluding diaryl/α,β-unsaturated/α-hetero) is 1. The summed E-state index contributed by atoms with van der Waals surface area (Å²) in [5.74, 6) is -0.694. The molecule has 9 heteroatoms. The standard InChI is InChI=1S/C10H12N4O4S/c1-13-8(3-4-11-13)7-5-9(10(16)6-15)14(2)19(17,18)12-7/h3-5,15H,6H2,1-2H3. The van der Waals surface area contributed by atoms with E-state index in [1.54, 1.807) is 13.1 Å². The number of likely N-dealkylation sites (N-methyl/N-ethyl adjacent to an activating group) is 1. The fourth-order valence-corrected chi connectivity index (χ4v) is 2.56. The number of aromatic nitrogens is 2. The van der Waals surface area contributed by atoms with Crippen molar-refractivity contribution >= 4 is 21.7 Å². The van der Waals surface area contributed by atoms with Crippen LogP contribution < -0.4 is 0 Å². The Labute approximate surface area is 109 Å². The van der Waals surface area contributed by atoms with Crippen LogP contribution in [0.4, 0.5) is 0 Å². The van der Waals surface area contributed by atoms with Gasteiger partial charge in [0, 0.05) is 20.3 Å². The monoisotopic (exact) mass is 284 g/mol. The Bertz CT molecular complexity index is 686. The third kappa shape index (κ3) is 2.29. The molecule has 1 aliphatic rings. The SMILES string of the molecule is CN1C(C(=O)CO)=CC(c2ccnn2C)=NS1(=O)=O. The highest BCUT2D eigenvalue weighted by molar-refractivity contribution is 7.88. The van der Waals surface area contributed by atoms with Crippen LogP contribution in [0.3, 0.4) is 0 Å². The quantitative estimate of drug-likeness (QED) is 0.754. The lowest BCUT2D eigenvalue weighted by Crippen LogP contribution is -2.34. The number of allylic oxidation sites excluding steroid dienone is 1. The lowest BCUT2D eigenvalue weighted by atomic mass is 10.2. The van der Waals surface area contributed by atoms with Crippen LogP contribution in [0.25, 0.3) is 0 Å². The lowest BCUT2D eigenvalue weighted by Gasteiger charge is -2.22. The number of hydrogen-bond acceptors (Lipinski definition) is 5. The molecule has 0 saturated carbocycles. The predicted molar refractivity (Wildman–Crippen MR) is 66.6 cm³/mol. The normalized spacial score (nSPS) is 17.9. The molecule has 0 spiro atoms. The van der Waals surface area contributed by atoms with E-state index in [9.17, 15) is 13.2 Å². The van der Waals surface area contributed by atoms with Gasteiger partial charge in [0.25, 0.3) is 0 Å². The molecule has 19 heavy (non-hydrogen) atoms. The molecular formula is C10H12N4O4S. The van der Waals surface area contributed by atoms with Crippen LogP contribution in [-0.2, 0) is 22.1 Å². The number of aliphatic hydroxyl groups is 1. The summed E-state index contributed by atoms with van der Waals surface area (Å²) in [6, 6.07) is 1.58. The molecular weight excluding hydrogens is 272 g/mol. The second-order valence-electron chi connectivity index (χ2n) is 3.87. The summed E-state index contributed by atoms with van der Waals surface area (Å²) in [7, 11) is -1.14. The average Bonchev–Trinajstić information content (AvgIpc) is 2.77. The summed E-state index contributed by atoms with van der Waals surface area (Å²) in [5.41, 5.74) is 0.434. The van der Waals surface area contributed by atoms with Crippen LogP contribution in [0.15, 0.2) is 28.4 Å². The largest absolute Gasteiger partial charge is 0.388 e. The third-order valence-corrected chi connectivity index (χ3v) is 4.00. The van der Waals surface area contributed by atoms with Gasteiger partial charge in [0.1, 0.15) is 18.0 Å². The molecule has 102 valence electrons. The lowest BCUT2D eigenvalue weighted by molar-refractivity contribution is -0.119. The molecule has 0 atom stereocenters. The summed E-state index contributed by atoms with van der Waals surface area (Å²) < 4.78 is 29.5. The number of hydrogen-bond donors (Lipinski definition) is 1. The molecule has 0 amide bonds. The molecule has 0 aliphatic carbocycles. The van der Waals surface area contributed by atoms with Gasteiger partial charge in [-0.1, -0.05) is 0 Å². The van der Waals surface area contributed by atoms with Gasteiger partial charge in [0.15, 0.2) is 0 Å². The third-order valence-electron chi connectivity index (χ3n) is 2.69. The minimum absolute atomic E-state index is 0.106. The Hall–Kier alpha value is -2.00. The van der Waals surface area contributed by atoms with Gasteiger partial charge >= 0.3 is 10.2 Å². The molecule has 1 N–H and O–H groups in total. The van der Waals surface area contributed by atoms with E-state index in [0.29, 0.717) is 5.69 Å². The highest BCUT2D eigenvalue weighted by Gasteiger charge is 2.30. The Morgan fingerprint density at radius 2 is 2.11 bits per heavy atom. The summed E-state index contributed by atoms with van der Waals surface area (Å²) in [6.45, 7) is -0.773. The maximum absolute atomic E-state index is 11.9. The molecule has 2 heterocycles. The van der Waals surface area contributed by atoms with Crippen LogP contribution in [0.1, 0.15) is 5.69 Å². The minimum atomic E-state index is -3.98. The topological polar surface area (TPSA) is 105 Å². The second-order valence-corrected chi connectivity index (χ2v) is 5.50. The van der Waals surface area contributed by atoms with Crippen LogP contribution >= 0.6 is 0 Å². The molecule has 0 aromatic carbocycles. The van der Waals surface area contributed by atoms with Gasteiger partial charge in [-0.05, 0) is 12.1 Å². The van der Waals surface area contributed by atoms with E-state index in [1.165, 1.54) is 24.0 Å². The summed E-state index contributed by atoms with van der Waals surface area (Å²) in [6.07, 6.45) is 2.81. The zero-order chi connectivity index (χ0) is 14.2. The van der Waals surface area contributed by atoms with Gasteiger partial charge in [0.2, 0.25) is 5.78 Å². The molecule has 0 bridgehead atoms. The van der Waals surface area contributed by atoms with Crippen LogP contribution in [0, 0.1) is 0 Å². The highest BCUT2D eigenvalue weighted by atomic mass is 32.2. The van der Waals surface area contributed by atoms with Crippen molar-refractivity contribution in [3.63, 3.8) is 0 Å². The van der Waals surface area contributed by atoms with Crippen molar-refractivity contribution in [3.05, 3.63) is 29.7 Å². The van der Waals surface area contributed by atoms with Crippen molar-refractivity contribution < 1.29 is 18.3 Å². The molecule has 1 aromatic rings. The van der Waals surface area contributed by atoms with Crippen molar-refractivity contribution in [2.75, 3.05) is 13.7 Å². The number of rotatable bonds is 3. The van der Waals surface area contributed by atoms with Gasteiger partial charge in [-0.2, -0.15) is 13.5 Å². The molecule has 0 fully saturated rings. The van der Waals surface area contributed by atoms with Crippen LogP contribution in [0.5, 0.6) is 0 Å². The van der Waals surface area contributed by atoms with Crippen LogP contribution in [-0.4, -0.2) is 52.8 Å². The smallest absolute Gasteiger partial charge is 0.345 e. The van der Waals surface area contributed by atoms with E-state index in [-0.39, 0.29) is 11.4 Å². The van der Waals surface area contributed by atoms with Crippen molar-refractivity contribution in [1.29, 1.82) is 0 Å². The molecule has 0 unspecified atom stereocenters. The highest BCUT2D eigenvalue weighted by Crippen LogP contribution is 2.19. The van der Waals surface area contributed by atoms with Crippen molar-refractivity contribution in [2.24, 2.45) is 11.4 Å². The number of aryl methyl sites for hydroxylation is 1. The Morgan fingerprint density at radius 1 is 1.42 bits per heavy atom. The van der Waals surface area contributed by atoms with E-state index in [2.05, 4.69) is 9.50 Å². The number of aliphatic hydroxyl groups excluding tert-OH is 1. The molecule has 8 nitrogen and oxygen atoms in total. The number of ketones is 1. The summed E-state index contributed by atoms with van der Waals surface area (Å²) in [4.78, 5) is 11.6. The van der Waals surface area contributed by atoms with E-state index in [4.69, 9.17) is 5.11 Å². The Kier molecular flexibility index (Phi) is 3.25. The molecule has 1 aromatic heterocycles. The van der Waals surface area contributed by atoms with Gasteiger partial charge in [-0.3, -0.25) is 13.8 Å². The van der Waals surface area contributed by atoms with E-state index in [0.717, 1.165) is 4.31 Å². The summed E-state index contributed by atoms with van der Waals surface area (Å²) in [5, 5.41) is 12.8. The first-order valence-electron chi connectivity index (χ1n) is 5.30. The summed E-state index contributed by atoms with van der Waals surface area (Å²) >= 11 is 0. The maximum Gasteiger partial charge on any atom is 0.345 e. The number of carbonyl (C=O) groups excluding carboxylic acids is 1. The predicted octanol–water partition coefficient (Wildman–Crippen LogP) is -1.16. The molecule has 2 rings (SSSR count). The van der Waals surface area contributed by atoms with Crippen LogP contribution in [0.2, 0.25) is 0 Å². The van der Waals surface area contributed by atoms with Crippen molar-refractivity contribution in [3.8, 4) is 0 Å². The van der Waals surface area contributed by atoms with Crippen molar-refractivity contribution in [2.45, 2.75) is 0 Å². The fraction of sp³-hybridized carbons (Fsp3) is 0.300. The van der Waals surface area contributed by atoms with E-state index in [1.807, 2.05) is 0 Å². The zero-order valence-corrected chi connectivity index (χ0v) is 11.1. The molecule has 0 radical (unpaired) electrons. The zero-order valence-electron chi connectivity index (χ0n) is 10.3. The number of carbonyl (C=O) groups is 1. The van der Waals surface area contributed by atoms with Crippen molar-refractivity contribution in [1.82, 2.24) is 14.1 Å². The van der Waals surface area contributed by atoms with Gasteiger partial charge in [-0.25, -0.2) is 0 Å². The first kappa shape index (κ1) is 13.4. The molecule has 0 saturated heterocycles.